The van der Waals surface area contributed by atoms with Crippen molar-refractivity contribution in [3.63, 3.8) is 0 Å². The Morgan fingerprint density at radius 2 is 0.918 bits per heavy atom. The number of hydrogen-bond donors (Lipinski definition) is 3. The van der Waals surface area contributed by atoms with Crippen LogP contribution in [0.3, 0.4) is 0 Å². The Bertz CT molecular complexity index is 1000. The van der Waals surface area contributed by atoms with Crippen molar-refractivity contribution in [1.29, 1.82) is 0 Å². The zero-order chi connectivity index (χ0) is 45.0. The zero-order valence-electron chi connectivity index (χ0n) is 41.4. The molecular formula is C52H106N2O6P+. The summed E-state index contributed by atoms with van der Waals surface area (Å²) in [5.74, 6) is -0.153. The first-order chi connectivity index (χ1) is 29.5. The number of nitrogens with one attached hydrogen (secondary N) is 1. The highest BCUT2D eigenvalue weighted by Gasteiger charge is 2.28. The topological polar surface area (TPSA) is 105 Å². The number of quaternary nitrogens is 1. The molecule has 0 heterocycles. The number of carbonyl (C=O) groups is 1. The fourth-order valence-electron chi connectivity index (χ4n) is 8.05. The Morgan fingerprint density at radius 3 is 1.33 bits per heavy atom. The van der Waals surface area contributed by atoms with E-state index in [1.165, 1.54) is 180 Å². The molecule has 3 atom stereocenters. The third-order valence-electron chi connectivity index (χ3n) is 12.2. The van der Waals surface area contributed by atoms with Crippen molar-refractivity contribution in [1.82, 2.24) is 5.32 Å². The lowest BCUT2D eigenvalue weighted by molar-refractivity contribution is -0.870. The van der Waals surface area contributed by atoms with E-state index in [4.69, 9.17) is 9.05 Å². The second-order valence-corrected chi connectivity index (χ2v) is 21.1. The van der Waals surface area contributed by atoms with Gasteiger partial charge >= 0.3 is 7.82 Å². The van der Waals surface area contributed by atoms with Crippen LogP contribution in [0, 0.1) is 0 Å². The normalized spacial score (nSPS) is 14.1. The molecule has 0 aromatic heterocycles. The molecule has 0 saturated carbocycles. The van der Waals surface area contributed by atoms with Gasteiger partial charge in [0.15, 0.2) is 0 Å². The molecular weight excluding hydrogens is 780 g/mol. The van der Waals surface area contributed by atoms with E-state index < -0.39 is 20.0 Å². The van der Waals surface area contributed by atoms with E-state index in [0.717, 1.165) is 57.8 Å². The van der Waals surface area contributed by atoms with Crippen molar-refractivity contribution in [2.24, 2.45) is 0 Å². The monoisotopic (exact) mass is 886 g/mol. The molecule has 8 nitrogen and oxygen atoms in total. The third kappa shape index (κ3) is 47.0. The fourth-order valence-corrected chi connectivity index (χ4v) is 8.79. The molecule has 0 aliphatic heterocycles. The number of phosphoric ester groups is 1. The number of rotatable bonds is 49. The number of aliphatic hydroxyl groups is 1. The highest BCUT2D eigenvalue weighted by Crippen LogP contribution is 2.43. The van der Waals surface area contributed by atoms with Gasteiger partial charge in [-0.15, -0.1) is 0 Å². The van der Waals surface area contributed by atoms with Crippen LogP contribution in [0.2, 0.25) is 0 Å². The molecule has 0 aliphatic rings. The predicted molar refractivity (Wildman–Crippen MR) is 263 cm³/mol. The number of amides is 1. The minimum Gasteiger partial charge on any atom is -0.391 e. The summed E-state index contributed by atoms with van der Waals surface area (Å²) in [5.41, 5.74) is 0. The van der Waals surface area contributed by atoms with Gasteiger partial charge in [-0.3, -0.25) is 13.8 Å². The Hall–Kier alpha value is -0.760. The van der Waals surface area contributed by atoms with Crippen molar-refractivity contribution in [3.05, 3.63) is 12.2 Å². The maximum Gasteiger partial charge on any atom is 0.472 e. The van der Waals surface area contributed by atoms with Crippen molar-refractivity contribution in [3.8, 4) is 0 Å². The number of nitrogens with zero attached hydrogens (tertiary/aromatic N) is 1. The Kier molecular flexibility index (Phi) is 43.9. The smallest absolute Gasteiger partial charge is 0.391 e. The Labute approximate surface area is 380 Å². The predicted octanol–water partition coefficient (Wildman–Crippen LogP) is 15.5. The summed E-state index contributed by atoms with van der Waals surface area (Å²) in [6.07, 6.45) is 52.8. The first kappa shape index (κ1) is 60.2. The van der Waals surface area contributed by atoms with E-state index >= 15 is 0 Å². The third-order valence-corrected chi connectivity index (χ3v) is 13.2. The quantitative estimate of drug-likeness (QED) is 0.0243. The summed E-state index contributed by atoms with van der Waals surface area (Å²) in [7, 11) is 1.62. The Balaban J connectivity index is 4.00. The standard InChI is InChI=1S/C52H105N2O6P/c1-6-8-10-12-14-16-18-19-20-21-22-23-24-25-26-27-28-29-30-31-32-33-34-35-36-37-39-41-43-45-51(55)50(49-60-61(57,58)59-48-47-54(3,4)5)53-52(56)46-44-42-40-38-17-15-13-11-9-7-2/h11,13,50-51,55H,6-10,12,14-49H2,1-5H3,(H-,53,56,57,58)/p+1/b13-11-. The van der Waals surface area contributed by atoms with Gasteiger partial charge < -0.3 is 19.8 Å². The molecule has 0 radical (unpaired) electrons. The summed E-state index contributed by atoms with van der Waals surface area (Å²) in [6, 6.07) is -0.760. The lowest BCUT2D eigenvalue weighted by Gasteiger charge is -2.26. The van der Waals surface area contributed by atoms with Crippen LogP contribution in [0.1, 0.15) is 264 Å². The molecule has 9 heteroatoms. The zero-order valence-corrected chi connectivity index (χ0v) is 42.3. The molecule has 0 rings (SSSR count). The Morgan fingerprint density at radius 1 is 0.541 bits per heavy atom. The van der Waals surface area contributed by atoms with E-state index in [-0.39, 0.29) is 19.1 Å². The number of allylic oxidation sites excluding steroid dienone is 2. The van der Waals surface area contributed by atoms with Crippen LogP contribution in [-0.4, -0.2) is 73.4 Å². The number of carbonyl (C=O) groups excluding carboxylic acids is 1. The summed E-state index contributed by atoms with van der Waals surface area (Å²) >= 11 is 0. The highest BCUT2D eigenvalue weighted by molar-refractivity contribution is 7.47. The van der Waals surface area contributed by atoms with E-state index in [1.807, 2.05) is 21.1 Å². The molecule has 0 fully saturated rings. The average molecular weight is 886 g/mol. The summed E-state index contributed by atoms with van der Waals surface area (Å²) in [5, 5.41) is 14.0. The fraction of sp³-hybridized carbons (Fsp3) is 0.942. The van der Waals surface area contributed by atoms with Gasteiger partial charge in [-0.1, -0.05) is 238 Å². The molecule has 3 unspecified atom stereocenters. The van der Waals surface area contributed by atoms with Gasteiger partial charge in [0.2, 0.25) is 5.91 Å². The highest BCUT2D eigenvalue weighted by atomic mass is 31.2. The minimum atomic E-state index is -4.31. The second kappa shape index (κ2) is 44.4. The second-order valence-electron chi connectivity index (χ2n) is 19.6. The van der Waals surface area contributed by atoms with Crippen LogP contribution in [-0.2, 0) is 18.4 Å². The molecule has 0 bridgehead atoms. The van der Waals surface area contributed by atoms with Crippen molar-refractivity contribution >= 4 is 13.7 Å². The maximum atomic E-state index is 12.9. The summed E-state index contributed by atoms with van der Waals surface area (Å²) < 4.78 is 23.7. The van der Waals surface area contributed by atoms with Gasteiger partial charge in [-0.2, -0.15) is 0 Å². The average Bonchev–Trinajstić information content (AvgIpc) is 3.21. The summed E-state index contributed by atoms with van der Waals surface area (Å²) in [6.45, 7) is 4.84. The SMILES string of the molecule is CCC/C=C\CCCCCCCC(=O)NC(COP(=O)(O)OCC[N+](C)(C)C)C(O)CCCCCCCCCCCCCCCCCCCCCCCCCCCCCCC. The molecule has 0 aromatic carbocycles. The van der Waals surface area contributed by atoms with Gasteiger partial charge in [0.1, 0.15) is 13.2 Å². The van der Waals surface area contributed by atoms with E-state index in [1.54, 1.807) is 0 Å². The van der Waals surface area contributed by atoms with Crippen molar-refractivity contribution in [2.75, 3.05) is 40.9 Å². The van der Waals surface area contributed by atoms with Crippen LogP contribution in [0.4, 0.5) is 0 Å². The molecule has 3 N–H and O–H groups in total. The molecule has 364 valence electrons. The van der Waals surface area contributed by atoms with Gasteiger partial charge in [-0.05, 0) is 32.1 Å². The molecule has 61 heavy (non-hydrogen) atoms. The van der Waals surface area contributed by atoms with Gasteiger partial charge in [0.25, 0.3) is 0 Å². The van der Waals surface area contributed by atoms with E-state index in [2.05, 4.69) is 31.3 Å². The number of phosphoric acid groups is 1. The number of likely N-dealkylation sites (N-methyl/N-ethyl adjacent to an activating group) is 1. The molecule has 0 aromatic rings. The van der Waals surface area contributed by atoms with Gasteiger partial charge in [0.05, 0.1) is 39.9 Å². The van der Waals surface area contributed by atoms with Crippen molar-refractivity contribution in [2.45, 2.75) is 276 Å². The van der Waals surface area contributed by atoms with Gasteiger partial charge in [-0.25, -0.2) is 4.57 Å². The van der Waals surface area contributed by atoms with Crippen LogP contribution < -0.4 is 5.32 Å². The first-order valence-electron chi connectivity index (χ1n) is 26.6. The van der Waals surface area contributed by atoms with Gasteiger partial charge in [0, 0.05) is 6.42 Å². The molecule has 1 amide bonds. The lowest BCUT2D eigenvalue weighted by Crippen LogP contribution is -2.46. The first-order valence-corrected chi connectivity index (χ1v) is 28.0. The number of hydrogen-bond acceptors (Lipinski definition) is 5. The van der Waals surface area contributed by atoms with E-state index in [9.17, 15) is 19.4 Å². The lowest BCUT2D eigenvalue weighted by atomic mass is 10.0. The van der Waals surface area contributed by atoms with Crippen LogP contribution in [0.5, 0.6) is 0 Å². The summed E-state index contributed by atoms with van der Waals surface area (Å²) in [4.78, 5) is 23.1. The van der Waals surface area contributed by atoms with Crippen LogP contribution in [0.15, 0.2) is 12.2 Å². The molecule has 0 spiro atoms. The number of aliphatic hydroxyl groups excluding tert-OH is 1. The van der Waals surface area contributed by atoms with Crippen LogP contribution >= 0.6 is 7.82 Å². The minimum absolute atomic E-state index is 0.0749. The molecule has 0 aliphatic carbocycles. The van der Waals surface area contributed by atoms with Crippen LogP contribution in [0.25, 0.3) is 0 Å². The molecule has 0 saturated heterocycles. The number of unbranched alkanes of at least 4 members (excludes halogenated alkanes) is 34. The maximum absolute atomic E-state index is 12.9. The largest absolute Gasteiger partial charge is 0.472 e. The van der Waals surface area contributed by atoms with Crippen molar-refractivity contribution < 1.29 is 32.9 Å². The van der Waals surface area contributed by atoms with E-state index in [0.29, 0.717) is 23.9 Å².